The van der Waals surface area contributed by atoms with Crippen molar-refractivity contribution < 1.29 is 8.78 Å². The summed E-state index contributed by atoms with van der Waals surface area (Å²) < 4.78 is 24.7. The van der Waals surface area contributed by atoms with Crippen molar-refractivity contribution in [3.05, 3.63) is 28.2 Å². The number of rotatable bonds is 2. The van der Waals surface area contributed by atoms with Crippen LogP contribution in [0.2, 0.25) is 10.0 Å². The van der Waals surface area contributed by atoms with E-state index in [9.17, 15) is 8.78 Å². The highest BCUT2D eigenvalue weighted by Crippen LogP contribution is 2.29. The number of benzene rings is 1. The molecule has 1 nitrogen and oxygen atoms in total. The molecule has 0 atom stereocenters. The summed E-state index contributed by atoms with van der Waals surface area (Å²) in [5.74, 6) is 0. The minimum Gasteiger partial charge on any atom is -0.261 e. The number of nitrogens with zero attached hydrogens (tertiary/aromatic N) is 1. The van der Waals surface area contributed by atoms with Gasteiger partial charge in [-0.3, -0.25) is 4.31 Å². The van der Waals surface area contributed by atoms with Crippen molar-refractivity contribution in [2.45, 2.75) is 6.55 Å². The van der Waals surface area contributed by atoms with Gasteiger partial charge in [-0.2, -0.15) is 8.78 Å². The molecular weight excluding hydrogens is 239 g/mol. The lowest BCUT2D eigenvalue weighted by molar-refractivity contribution is 0.165. The van der Waals surface area contributed by atoms with Gasteiger partial charge in [0.1, 0.15) is 0 Å². The SMILES string of the molecule is FC(F)N(S)c1ccc(Cl)c(Cl)c1. The van der Waals surface area contributed by atoms with E-state index in [2.05, 4.69) is 12.8 Å². The van der Waals surface area contributed by atoms with Crippen molar-refractivity contribution in [3.8, 4) is 0 Å². The van der Waals surface area contributed by atoms with Crippen LogP contribution in [0.1, 0.15) is 0 Å². The summed E-state index contributed by atoms with van der Waals surface area (Å²) in [6, 6.07) is 4.17. The Morgan fingerprint density at radius 2 is 1.85 bits per heavy atom. The van der Waals surface area contributed by atoms with Gasteiger partial charge in [0.2, 0.25) is 0 Å². The van der Waals surface area contributed by atoms with E-state index >= 15 is 0 Å². The van der Waals surface area contributed by atoms with E-state index in [1.54, 1.807) is 0 Å². The normalized spacial score (nSPS) is 10.6. The fraction of sp³-hybridized carbons (Fsp3) is 0.143. The fourth-order valence-corrected chi connectivity index (χ4v) is 1.16. The Morgan fingerprint density at radius 3 is 2.31 bits per heavy atom. The van der Waals surface area contributed by atoms with Gasteiger partial charge in [0.25, 0.3) is 0 Å². The van der Waals surface area contributed by atoms with Gasteiger partial charge in [0.05, 0.1) is 15.7 Å². The molecule has 0 amide bonds. The molecule has 1 rings (SSSR count). The van der Waals surface area contributed by atoms with Gasteiger partial charge in [-0.05, 0) is 18.2 Å². The van der Waals surface area contributed by atoms with Gasteiger partial charge in [-0.1, -0.05) is 36.0 Å². The second-order valence-electron chi connectivity index (χ2n) is 2.22. The average Bonchev–Trinajstić information content (AvgIpc) is 2.08. The second-order valence-corrected chi connectivity index (χ2v) is 3.47. The first kappa shape index (κ1) is 10.9. The average molecular weight is 244 g/mol. The maximum Gasteiger partial charge on any atom is 0.324 e. The molecule has 0 fully saturated rings. The third-order valence-corrected chi connectivity index (χ3v) is 2.50. The highest BCUT2D eigenvalue weighted by molar-refractivity contribution is 7.81. The zero-order chi connectivity index (χ0) is 10.0. The number of thiol groups is 1. The molecule has 0 bridgehead atoms. The first-order valence-electron chi connectivity index (χ1n) is 3.23. The van der Waals surface area contributed by atoms with E-state index in [1.807, 2.05) is 0 Å². The Bertz CT molecular complexity index is 309. The van der Waals surface area contributed by atoms with E-state index in [-0.39, 0.29) is 10.7 Å². The predicted molar refractivity (Wildman–Crippen MR) is 53.9 cm³/mol. The molecule has 13 heavy (non-hydrogen) atoms. The van der Waals surface area contributed by atoms with Gasteiger partial charge in [0, 0.05) is 0 Å². The molecule has 0 heterocycles. The molecule has 0 saturated heterocycles. The van der Waals surface area contributed by atoms with E-state index < -0.39 is 6.55 Å². The van der Waals surface area contributed by atoms with Gasteiger partial charge in [0.15, 0.2) is 0 Å². The maximum absolute atomic E-state index is 12.1. The molecule has 0 aliphatic rings. The number of hydrogen-bond donors (Lipinski definition) is 1. The monoisotopic (exact) mass is 243 g/mol. The van der Waals surface area contributed by atoms with Crippen molar-refractivity contribution in [2.24, 2.45) is 0 Å². The van der Waals surface area contributed by atoms with Gasteiger partial charge < -0.3 is 0 Å². The first-order chi connectivity index (χ1) is 6.02. The van der Waals surface area contributed by atoms with E-state index in [0.29, 0.717) is 9.33 Å². The molecule has 1 aromatic carbocycles. The molecule has 0 aliphatic heterocycles. The van der Waals surface area contributed by atoms with Crippen LogP contribution in [-0.4, -0.2) is 6.55 Å². The molecule has 0 radical (unpaired) electrons. The third-order valence-electron chi connectivity index (χ3n) is 1.35. The summed E-state index contributed by atoms with van der Waals surface area (Å²) in [5, 5.41) is 0.542. The number of alkyl halides is 2. The van der Waals surface area contributed by atoms with Crippen molar-refractivity contribution in [1.82, 2.24) is 0 Å². The summed E-state index contributed by atoms with van der Waals surface area (Å²) in [6.45, 7) is -2.68. The minimum atomic E-state index is -2.68. The molecule has 0 unspecified atom stereocenters. The zero-order valence-electron chi connectivity index (χ0n) is 6.22. The van der Waals surface area contributed by atoms with Crippen LogP contribution in [0.15, 0.2) is 18.2 Å². The molecule has 72 valence electrons. The third kappa shape index (κ3) is 2.62. The summed E-state index contributed by atoms with van der Waals surface area (Å²) >= 11 is 14.8. The van der Waals surface area contributed by atoms with Crippen molar-refractivity contribution in [1.29, 1.82) is 0 Å². The molecule has 0 N–H and O–H groups in total. The van der Waals surface area contributed by atoms with Gasteiger partial charge in [-0.25, -0.2) is 0 Å². The van der Waals surface area contributed by atoms with Crippen LogP contribution in [-0.2, 0) is 0 Å². The quantitative estimate of drug-likeness (QED) is 0.610. The molecule has 0 aliphatic carbocycles. The van der Waals surface area contributed by atoms with E-state index in [0.717, 1.165) is 0 Å². The molecule has 0 spiro atoms. The van der Waals surface area contributed by atoms with Crippen LogP contribution < -0.4 is 4.31 Å². The molecular formula is C7H5Cl2F2NS. The maximum atomic E-state index is 12.1. The standard InChI is InChI=1S/C7H5Cl2F2NS/c8-5-2-1-4(3-6(5)9)12(13)7(10)11/h1-3,7,13H. The van der Waals surface area contributed by atoms with E-state index in [4.69, 9.17) is 23.2 Å². The van der Waals surface area contributed by atoms with Crippen LogP contribution >= 0.6 is 36.0 Å². The number of anilines is 1. The van der Waals surface area contributed by atoms with Crippen LogP contribution in [0, 0.1) is 0 Å². The summed E-state index contributed by atoms with van der Waals surface area (Å²) in [6.07, 6.45) is 0. The first-order valence-corrected chi connectivity index (χ1v) is 4.39. The molecule has 0 aromatic heterocycles. The minimum absolute atomic E-state index is 0.202. The Labute approximate surface area is 89.8 Å². The topological polar surface area (TPSA) is 3.24 Å². The zero-order valence-corrected chi connectivity index (χ0v) is 8.62. The van der Waals surface area contributed by atoms with Crippen LogP contribution in [0.4, 0.5) is 14.5 Å². The Hall–Kier alpha value is -0.190. The molecule has 0 saturated carbocycles. The second kappa shape index (κ2) is 4.35. The van der Waals surface area contributed by atoms with Gasteiger partial charge >= 0.3 is 6.55 Å². The highest BCUT2D eigenvalue weighted by Gasteiger charge is 2.13. The van der Waals surface area contributed by atoms with E-state index in [1.165, 1.54) is 18.2 Å². The largest absolute Gasteiger partial charge is 0.324 e. The smallest absolute Gasteiger partial charge is 0.261 e. The highest BCUT2D eigenvalue weighted by atomic mass is 35.5. The Balaban J connectivity index is 2.97. The predicted octanol–water partition coefficient (Wildman–Crippen LogP) is 3.87. The van der Waals surface area contributed by atoms with Gasteiger partial charge in [-0.15, -0.1) is 0 Å². The molecule has 1 aromatic rings. The van der Waals surface area contributed by atoms with Crippen molar-refractivity contribution in [3.63, 3.8) is 0 Å². The molecule has 6 heteroatoms. The van der Waals surface area contributed by atoms with Crippen molar-refractivity contribution >= 4 is 41.7 Å². The number of halogens is 4. The van der Waals surface area contributed by atoms with Crippen molar-refractivity contribution in [2.75, 3.05) is 4.31 Å². The lowest BCUT2D eigenvalue weighted by Crippen LogP contribution is -2.16. The van der Waals surface area contributed by atoms with Crippen LogP contribution in [0.25, 0.3) is 0 Å². The lowest BCUT2D eigenvalue weighted by Gasteiger charge is -2.16. The fourth-order valence-electron chi connectivity index (χ4n) is 0.740. The number of hydrogen-bond acceptors (Lipinski definition) is 2. The summed E-state index contributed by atoms with van der Waals surface area (Å²) in [7, 11) is 0. The Morgan fingerprint density at radius 1 is 1.23 bits per heavy atom. The van der Waals surface area contributed by atoms with Crippen LogP contribution in [0.5, 0.6) is 0 Å². The van der Waals surface area contributed by atoms with Crippen LogP contribution in [0.3, 0.4) is 0 Å². The Kier molecular flexibility index (Phi) is 3.64. The lowest BCUT2D eigenvalue weighted by atomic mass is 10.3. The summed E-state index contributed by atoms with van der Waals surface area (Å²) in [4.78, 5) is 0. The summed E-state index contributed by atoms with van der Waals surface area (Å²) in [5.41, 5.74) is 0.202.